The summed E-state index contributed by atoms with van der Waals surface area (Å²) in [7, 11) is 1.62. The van der Waals surface area contributed by atoms with Crippen LogP contribution in [0.2, 0.25) is 0 Å². The number of nitrogens with zero attached hydrogens (tertiary/aromatic N) is 1. The van der Waals surface area contributed by atoms with Crippen molar-refractivity contribution < 1.29 is 19.1 Å². The number of benzene rings is 2. The predicted molar refractivity (Wildman–Crippen MR) is 97.9 cm³/mol. The van der Waals surface area contributed by atoms with Crippen molar-refractivity contribution in [1.29, 1.82) is 0 Å². The van der Waals surface area contributed by atoms with Crippen LogP contribution in [-0.2, 0) is 14.3 Å². The largest absolute Gasteiger partial charge is 0.452 e. The molecule has 6 heteroatoms. The van der Waals surface area contributed by atoms with E-state index < -0.39 is 5.97 Å². The molecule has 2 amide bonds. The van der Waals surface area contributed by atoms with Gasteiger partial charge in [0.2, 0.25) is 5.91 Å². The third-order valence-corrected chi connectivity index (χ3v) is 4.16. The zero-order valence-electron chi connectivity index (χ0n) is 14.5. The monoisotopic (exact) mass is 352 g/mol. The van der Waals surface area contributed by atoms with Gasteiger partial charge >= 0.3 is 5.97 Å². The molecule has 134 valence electrons. The third-order valence-electron chi connectivity index (χ3n) is 4.16. The fourth-order valence-electron chi connectivity index (χ4n) is 2.42. The second kappa shape index (κ2) is 7.82. The summed E-state index contributed by atoms with van der Waals surface area (Å²) >= 11 is 0. The van der Waals surface area contributed by atoms with Crippen molar-refractivity contribution in [2.45, 2.75) is 12.8 Å². The van der Waals surface area contributed by atoms with Gasteiger partial charge in [-0.25, -0.2) is 4.79 Å². The van der Waals surface area contributed by atoms with Gasteiger partial charge in [-0.05, 0) is 43.2 Å². The first-order valence-corrected chi connectivity index (χ1v) is 8.44. The van der Waals surface area contributed by atoms with Crippen LogP contribution in [-0.4, -0.2) is 31.4 Å². The van der Waals surface area contributed by atoms with Crippen LogP contribution in [0.5, 0.6) is 0 Å². The van der Waals surface area contributed by atoms with Crippen molar-refractivity contribution >= 4 is 29.2 Å². The molecule has 0 bridgehead atoms. The topological polar surface area (TPSA) is 75.7 Å². The highest BCUT2D eigenvalue weighted by Crippen LogP contribution is 2.30. The van der Waals surface area contributed by atoms with E-state index in [2.05, 4.69) is 5.32 Å². The highest BCUT2D eigenvalue weighted by Gasteiger charge is 2.29. The number of carbonyl (C=O) groups is 3. The fourth-order valence-corrected chi connectivity index (χ4v) is 2.42. The van der Waals surface area contributed by atoms with Crippen molar-refractivity contribution in [3.8, 4) is 0 Å². The van der Waals surface area contributed by atoms with Crippen LogP contribution in [0.25, 0.3) is 0 Å². The molecule has 0 saturated heterocycles. The van der Waals surface area contributed by atoms with E-state index in [0.717, 1.165) is 18.5 Å². The van der Waals surface area contributed by atoms with Gasteiger partial charge in [0.15, 0.2) is 6.61 Å². The Morgan fingerprint density at radius 3 is 2.50 bits per heavy atom. The van der Waals surface area contributed by atoms with Gasteiger partial charge in [-0.2, -0.15) is 0 Å². The Bertz CT molecular complexity index is 816. The Labute approximate surface area is 151 Å². The van der Waals surface area contributed by atoms with Gasteiger partial charge in [0.25, 0.3) is 5.91 Å². The maximum Gasteiger partial charge on any atom is 0.338 e. The van der Waals surface area contributed by atoms with E-state index in [4.69, 9.17) is 4.74 Å². The number of hydrogen-bond acceptors (Lipinski definition) is 4. The number of carbonyl (C=O) groups excluding carboxylic acids is 3. The van der Waals surface area contributed by atoms with Gasteiger partial charge in [0.1, 0.15) is 0 Å². The summed E-state index contributed by atoms with van der Waals surface area (Å²) in [5.41, 5.74) is 1.55. The van der Waals surface area contributed by atoms with Crippen LogP contribution in [0.1, 0.15) is 23.2 Å². The number of ether oxygens (including phenoxy) is 1. The first-order chi connectivity index (χ1) is 12.5. The Kier molecular flexibility index (Phi) is 5.31. The summed E-state index contributed by atoms with van der Waals surface area (Å²) in [4.78, 5) is 37.6. The molecule has 0 aromatic heterocycles. The van der Waals surface area contributed by atoms with E-state index in [1.54, 1.807) is 43.4 Å². The van der Waals surface area contributed by atoms with Crippen molar-refractivity contribution in [2.24, 2.45) is 5.92 Å². The maximum absolute atomic E-state index is 12.2. The van der Waals surface area contributed by atoms with E-state index >= 15 is 0 Å². The maximum atomic E-state index is 12.2. The Balaban J connectivity index is 1.56. The van der Waals surface area contributed by atoms with Crippen molar-refractivity contribution in [2.75, 3.05) is 23.9 Å². The van der Waals surface area contributed by atoms with E-state index in [9.17, 15) is 14.4 Å². The number of nitrogens with one attached hydrogen (secondary N) is 1. The average molecular weight is 352 g/mol. The summed E-state index contributed by atoms with van der Waals surface area (Å²) in [5, 5.41) is 2.78. The number of likely N-dealkylation sites (N-methyl/N-ethyl adjacent to an activating group) is 1. The molecular formula is C20H20N2O4. The minimum Gasteiger partial charge on any atom is -0.452 e. The number of rotatable bonds is 6. The number of para-hydroxylation sites is 1. The lowest BCUT2D eigenvalue weighted by molar-refractivity contribution is -0.121. The van der Waals surface area contributed by atoms with Crippen LogP contribution in [0.15, 0.2) is 54.6 Å². The fraction of sp³-hybridized carbons (Fsp3) is 0.250. The van der Waals surface area contributed by atoms with Crippen molar-refractivity contribution in [3.05, 3.63) is 60.2 Å². The molecule has 0 spiro atoms. The zero-order chi connectivity index (χ0) is 18.5. The van der Waals surface area contributed by atoms with Crippen LogP contribution >= 0.6 is 0 Å². The van der Waals surface area contributed by atoms with Gasteiger partial charge < -0.3 is 15.0 Å². The van der Waals surface area contributed by atoms with E-state index in [0.29, 0.717) is 5.69 Å². The predicted octanol–water partition coefficient (Wildman–Crippen LogP) is 2.85. The summed E-state index contributed by atoms with van der Waals surface area (Å²) < 4.78 is 5.11. The van der Waals surface area contributed by atoms with Gasteiger partial charge in [-0.1, -0.05) is 24.3 Å². The molecule has 1 fully saturated rings. The molecule has 0 heterocycles. The van der Waals surface area contributed by atoms with E-state index in [1.807, 2.05) is 18.2 Å². The molecule has 6 nitrogen and oxygen atoms in total. The number of hydrogen-bond donors (Lipinski definition) is 1. The first kappa shape index (κ1) is 17.7. The lowest BCUT2D eigenvalue weighted by Crippen LogP contribution is -2.31. The standard InChI is InChI=1S/C20H20N2O4/c1-22(17-8-3-2-4-9-17)18(23)13-26-20(25)15-6-5-7-16(12-15)21-19(24)14-10-11-14/h2-9,12,14H,10-11,13H2,1H3,(H,21,24). The van der Waals surface area contributed by atoms with Crippen LogP contribution in [0.3, 0.4) is 0 Å². The summed E-state index contributed by atoms with van der Waals surface area (Å²) in [6.07, 6.45) is 1.81. The van der Waals surface area contributed by atoms with Gasteiger partial charge in [-0.15, -0.1) is 0 Å². The molecule has 0 aliphatic heterocycles. The molecule has 1 N–H and O–H groups in total. The molecule has 2 aromatic carbocycles. The minimum absolute atomic E-state index is 0.0322. The SMILES string of the molecule is CN(C(=O)COC(=O)c1cccc(NC(=O)C2CC2)c1)c1ccccc1. The zero-order valence-corrected chi connectivity index (χ0v) is 14.5. The van der Waals surface area contributed by atoms with Crippen LogP contribution in [0, 0.1) is 5.92 Å². The van der Waals surface area contributed by atoms with E-state index in [1.165, 1.54) is 4.90 Å². The Morgan fingerprint density at radius 1 is 1.08 bits per heavy atom. The molecule has 1 aliphatic carbocycles. The van der Waals surface area contributed by atoms with Crippen LogP contribution < -0.4 is 10.2 Å². The first-order valence-electron chi connectivity index (χ1n) is 8.44. The second-order valence-corrected chi connectivity index (χ2v) is 6.21. The quantitative estimate of drug-likeness (QED) is 0.811. The molecule has 0 unspecified atom stereocenters. The lowest BCUT2D eigenvalue weighted by Gasteiger charge is -2.17. The lowest BCUT2D eigenvalue weighted by atomic mass is 10.2. The molecule has 0 atom stereocenters. The Morgan fingerprint density at radius 2 is 1.81 bits per heavy atom. The molecular weight excluding hydrogens is 332 g/mol. The molecule has 26 heavy (non-hydrogen) atoms. The number of amides is 2. The smallest absolute Gasteiger partial charge is 0.338 e. The number of esters is 1. The molecule has 3 rings (SSSR count). The molecule has 0 radical (unpaired) electrons. The average Bonchev–Trinajstić information content (AvgIpc) is 3.51. The highest BCUT2D eigenvalue weighted by atomic mass is 16.5. The Hall–Kier alpha value is -3.15. The van der Waals surface area contributed by atoms with Gasteiger partial charge in [0, 0.05) is 24.3 Å². The third kappa shape index (κ3) is 4.47. The van der Waals surface area contributed by atoms with Gasteiger partial charge in [0.05, 0.1) is 5.56 Å². The van der Waals surface area contributed by atoms with Crippen molar-refractivity contribution in [1.82, 2.24) is 0 Å². The molecule has 1 aliphatic rings. The van der Waals surface area contributed by atoms with Gasteiger partial charge in [-0.3, -0.25) is 9.59 Å². The normalized spacial score (nSPS) is 13.0. The van der Waals surface area contributed by atoms with Crippen molar-refractivity contribution in [3.63, 3.8) is 0 Å². The second-order valence-electron chi connectivity index (χ2n) is 6.21. The number of anilines is 2. The highest BCUT2D eigenvalue weighted by molar-refractivity contribution is 5.98. The van der Waals surface area contributed by atoms with E-state index in [-0.39, 0.29) is 29.9 Å². The summed E-state index contributed by atoms with van der Waals surface area (Å²) in [6, 6.07) is 15.6. The minimum atomic E-state index is -0.609. The molecule has 1 saturated carbocycles. The molecule has 2 aromatic rings. The summed E-state index contributed by atoms with van der Waals surface area (Å²) in [6.45, 7) is -0.358. The summed E-state index contributed by atoms with van der Waals surface area (Å²) in [5.74, 6) is -0.892. The van der Waals surface area contributed by atoms with Crippen LogP contribution in [0.4, 0.5) is 11.4 Å².